The predicted octanol–water partition coefficient (Wildman–Crippen LogP) is 2.37. The quantitative estimate of drug-likeness (QED) is 0.899. The second-order valence-electron chi connectivity index (χ2n) is 4.86. The van der Waals surface area contributed by atoms with Crippen molar-refractivity contribution in [2.24, 2.45) is 0 Å². The van der Waals surface area contributed by atoms with Crippen molar-refractivity contribution in [2.45, 2.75) is 26.8 Å². The molecule has 0 aliphatic rings. The van der Waals surface area contributed by atoms with Crippen molar-refractivity contribution in [2.75, 3.05) is 18.5 Å². The monoisotopic (exact) mass is 277 g/mol. The Hall–Kier alpha value is -2.08. The minimum Gasteiger partial charge on any atom is -0.441 e. The van der Waals surface area contributed by atoms with Crippen LogP contribution in [0, 0.1) is 6.92 Å². The van der Waals surface area contributed by atoms with E-state index in [0.717, 1.165) is 0 Å². The smallest absolute Gasteiger partial charge is 0.322 e. The number of rotatable bonds is 4. The molecule has 2 amide bonds. The largest absolute Gasteiger partial charge is 0.441 e. The van der Waals surface area contributed by atoms with Crippen LogP contribution in [0.4, 0.5) is 10.5 Å². The molecule has 6 heteroatoms. The average Bonchev–Trinajstić information content (AvgIpc) is 2.74. The Balaban J connectivity index is 2.15. The highest BCUT2D eigenvalue weighted by molar-refractivity contribution is 5.91. The molecule has 0 spiro atoms. The topological polar surface area (TPSA) is 78.6 Å². The van der Waals surface area contributed by atoms with Gasteiger partial charge in [-0.25, -0.2) is 9.78 Å². The summed E-state index contributed by atoms with van der Waals surface area (Å²) in [6.45, 7) is 5.82. The lowest BCUT2D eigenvalue weighted by atomic mass is 10.3. The third-order valence-corrected chi connectivity index (χ3v) is 2.97. The Morgan fingerprint density at radius 3 is 2.90 bits per heavy atom. The number of urea groups is 1. The van der Waals surface area contributed by atoms with Gasteiger partial charge in [0.2, 0.25) is 0 Å². The first-order valence-electron chi connectivity index (χ1n) is 6.57. The summed E-state index contributed by atoms with van der Waals surface area (Å²) in [7, 11) is 0. The van der Waals surface area contributed by atoms with Gasteiger partial charge in [0, 0.05) is 25.2 Å². The number of hydrogen-bond donors (Lipinski definition) is 2. The number of carbonyl (C=O) groups excluding carboxylic acids is 1. The Morgan fingerprint density at radius 1 is 1.50 bits per heavy atom. The number of amides is 2. The third kappa shape index (κ3) is 3.08. The van der Waals surface area contributed by atoms with Crippen LogP contribution in [0.1, 0.15) is 19.7 Å². The number of carbonyl (C=O) groups is 1. The number of aliphatic hydroxyl groups excluding tert-OH is 1. The number of aliphatic hydroxyl groups is 1. The van der Waals surface area contributed by atoms with Crippen LogP contribution >= 0.6 is 0 Å². The molecule has 1 heterocycles. The maximum absolute atomic E-state index is 12.1. The van der Waals surface area contributed by atoms with E-state index >= 15 is 0 Å². The molecule has 2 rings (SSSR count). The van der Waals surface area contributed by atoms with Gasteiger partial charge in [0.1, 0.15) is 5.52 Å². The molecule has 0 bridgehead atoms. The van der Waals surface area contributed by atoms with E-state index in [1.54, 1.807) is 30.0 Å². The van der Waals surface area contributed by atoms with E-state index in [9.17, 15) is 4.79 Å². The molecule has 6 nitrogen and oxygen atoms in total. The average molecular weight is 277 g/mol. The van der Waals surface area contributed by atoms with Crippen molar-refractivity contribution in [3.8, 4) is 0 Å². The summed E-state index contributed by atoms with van der Waals surface area (Å²) in [5.41, 5.74) is 2.05. The van der Waals surface area contributed by atoms with E-state index in [1.165, 1.54) is 0 Å². The molecule has 108 valence electrons. The molecule has 0 saturated carbocycles. The second kappa shape index (κ2) is 5.92. The lowest BCUT2D eigenvalue weighted by Crippen LogP contribution is -2.41. The summed E-state index contributed by atoms with van der Waals surface area (Å²) < 4.78 is 5.38. The molecule has 0 fully saturated rings. The number of benzene rings is 1. The van der Waals surface area contributed by atoms with Gasteiger partial charge in [-0.2, -0.15) is 0 Å². The molecule has 0 aliphatic carbocycles. The number of nitrogens with one attached hydrogen (secondary N) is 1. The number of hydrogen-bond acceptors (Lipinski definition) is 4. The zero-order chi connectivity index (χ0) is 14.7. The Kier molecular flexibility index (Phi) is 4.24. The number of aromatic nitrogens is 1. The fraction of sp³-hybridized carbons (Fsp3) is 0.429. The van der Waals surface area contributed by atoms with E-state index in [4.69, 9.17) is 9.52 Å². The van der Waals surface area contributed by atoms with Crippen LogP contribution in [0.15, 0.2) is 22.6 Å². The summed E-state index contributed by atoms with van der Waals surface area (Å²) in [6.07, 6.45) is 0. The van der Waals surface area contributed by atoms with Crippen LogP contribution < -0.4 is 5.32 Å². The van der Waals surface area contributed by atoms with Crippen LogP contribution in [0.3, 0.4) is 0 Å². The van der Waals surface area contributed by atoms with Crippen molar-refractivity contribution in [3.05, 3.63) is 24.1 Å². The van der Waals surface area contributed by atoms with Crippen LogP contribution in [0.2, 0.25) is 0 Å². The second-order valence-corrected chi connectivity index (χ2v) is 4.86. The molecular formula is C14H19N3O3. The first kappa shape index (κ1) is 14.3. The van der Waals surface area contributed by atoms with Crippen molar-refractivity contribution in [1.29, 1.82) is 0 Å². The SMILES string of the molecule is Cc1nc2cc(NC(=O)N(CCO)C(C)C)ccc2o1. The zero-order valence-corrected chi connectivity index (χ0v) is 11.9. The summed E-state index contributed by atoms with van der Waals surface area (Å²) in [4.78, 5) is 17.9. The summed E-state index contributed by atoms with van der Waals surface area (Å²) in [5, 5.41) is 11.8. The molecular weight excluding hydrogens is 258 g/mol. The van der Waals surface area contributed by atoms with Crippen LogP contribution in [0.25, 0.3) is 11.1 Å². The van der Waals surface area contributed by atoms with Crippen molar-refractivity contribution >= 4 is 22.8 Å². The fourth-order valence-corrected chi connectivity index (χ4v) is 2.02. The molecule has 2 aromatic rings. The highest BCUT2D eigenvalue weighted by Gasteiger charge is 2.16. The predicted molar refractivity (Wildman–Crippen MR) is 76.7 cm³/mol. The normalized spacial score (nSPS) is 11.1. The van der Waals surface area contributed by atoms with Crippen LogP contribution in [-0.2, 0) is 0 Å². The fourth-order valence-electron chi connectivity index (χ4n) is 2.02. The summed E-state index contributed by atoms with van der Waals surface area (Å²) >= 11 is 0. The minimum absolute atomic E-state index is 0.0141. The van der Waals surface area contributed by atoms with E-state index in [1.807, 2.05) is 13.8 Å². The van der Waals surface area contributed by atoms with E-state index in [2.05, 4.69) is 10.3 Å². The molecule has 2 N–H and O–H groups in total. The lowest BCUT2D eigenvalue weighted by Gasteiger charge is -2.26. The van der Waals surface area contributed by atoms with Crippen LogP contribution in [0.5, 0.6) is 0 Å². The first-order chi connectivity index (χ1) is 9.51. The minimum atomic E-state index is -0.242. The number of fused-ring (bicyclic) bond motifs is 1. The first-order valence-corrected chi connectivity index (χ1v) is 6.57. The maximum Gasteiger partial charge on any atom is 0.322 e. The van der Waals surface area contributed by atoms with E-state index in [-0.39, 0.29) is 18.7 Å². The zero-order valence-electron chi connectivity index (χ0n) is 11.9. The molecule has 1 aromatic heterocycles. The molecule has 0 atom stereocenters. The van der Waals surface area contributed by atoms with Crippen molar-refractivity contribution < 1.29 is 14.3 Å². The number of aryl methyl sites for hydroxylation is 1. The molecule has 0 radical (unpaired) electrons. The van der Waals surface area contributed by atoms with Gasteiger partial charge in [-0.05, 0) is 32.0 Å². The molecule has 0 saturated heterocycles. The van der Waals surface area contributed by atoms with Gasteiger partial charge in [-0.3, -0.25) is 0 Å². The number of anilines is 1. The lowest BCUT2D eigenvalue weighted by molar-refractivity contribution is 0.172. The van der Waals surface area contributed by atoms with Gasteiger partial charge in [-0.15, -0.1) is 0 Å². The van der Waals surface area contributed by atoms with Crippen LogP contribution in [-0.4, -0.2) is 40.2 Å². The van der Waals surface area contributed by atoms with Crippen molar-refractivity contribution in [1.82, 2.24) is 9.88 Å². The summed E-state index contributed by atoms with van der Waals surface area (Å²) in [6, 6.07) is 5.08. The van der Waals surface area contributed by atoms with E-state index < -0.39 is 0 Å². The van der Waals surface area contributed by atoms with Gasteiger partial charge in [-0.1, -0.05) is 0 Å². The number of nitrogens with zero attached hydrogens (tertiary/aromatic N) is 2. The van der Waals surface area contributed by atoms with Gasteiger partial charge >= 0.3 is 6.03 Å². The standard InChI is InChI=1S/C14H19N3O3/c1-9(2)17(6-7-18)14(19)16-11-4-5-13-12(8-11)15-10(3)20-13/h4-5,8-9,18H,6-7H2,1-3H3,(H,16,19). The van der Waals surface area contributed by atoms with Crippen molar-refractivity contribution in [3.63, 3.8) is 0 Å². The van der Waals surface area contributed by atoms with Gasteiger partial charge in [0.05, 0.1) is 6.61 Å². The van der Waals surface area contributed by atoms with Gasteiger partial charge in [0.15, 0.2) is 11.5 Å². The Bertz CT molecular complexity index is 607. The number of oxazole rings is 1. The highest BCUT2D eigenvalue weighted by Crippen LogP contribution is 2.20. The molecule has 0 unspecified atom stereocenters. The highest BCUT2D eigenvalue weighted by atomic mass is 16.3. The Labute approximate surface area is 117 Å². The van der Waals surface area contributed by atoms with Gasteiger partial charge < -0.3 is 19.7 Å². The maximum atomic E-state index is 12.1. The van der Waals surface area contributed by atoms with E-state index in [0.29, 0.717) is 29.2 Å². The van der Waals surface area contributed by atoms with Gasteiger partial charge in [0.25, 0.3) is 0 Å². The molecule has 1 aromatic carbocycles. The summed E-state index contributed by atoms with van der Waals surface area (Å²) in [5.74, 6) is 0.590. The third-order valence-electron chi connectivity index (χ3n) is 2.97. The molecule has 20 heavy (non-hydrogen) atoms. The molecule has 0 aliphatic heterocycles. The Morgan fingerprint density at radius 2 is 2.25 bits per heavy atom.